The van der Waals surface area contributed by atoms with Crippen molar-refractivity contribution in [3.8, 4) is 0 Å². The smallest absolute Gasteiger partial charge is 0.410 e. The molecule has 0 aromatic carbocycles. The van der Waals surface area contributed by atoms with Crippen molar-refractivity contribution in [1.82, 2.24) is 25.0 Å². The number of hydrogen-bond acceptors (Lipinski definition) is 6. The van der Waals surface area contributed by atoms with Gasteiger partial charge in [0.2, 0.25) is 0 Å². The minimum absolute atomic E-state index is 0.0842. The lowest BCUT2D eigenvalue weighted by molar-refractivity contribution is -0.141. The summed E-state index contributed by atoms with van der Waals surface area (Å²) in [5.41, 5.74) is -1.25. The molecule has 23 heavy (non-hydrogen) atoms. The van der Waals surface area contributed by atoms with Gasteiger partial charge in [-0.05, 0) is 20.8 Å². The van der Waals surface area contributed by atoms with E-state index >= 15 is 0 Å². The van der Waals surface area contributed by atoms with Gasteiger partial charge in [-0.2, -0.15) is 5.10 Å². The summed E-state index contributed by atoms with van der Waals surface area (Å²) in [4.78, 5) is 28.7. The number of hydrogen-bond donors (Lipinski definition) is 2. The Labute approximate surface area is 134 Å². The van der Waals surface area contributed by atoms with Crippen LogP contribution >= 0.6 is 0 Å². The average molecular weight is 325 g/mol. The van der Waals surface area contributed by atoms with E-state index in [1.54, 1.807) is 38.8 Å². The molecular weight excluding hydrogens is 302 g/mol. The fourth-order valence-corrected chi connectivity index (χ4v) is 2.45. The lowest BCUT2D eigenvalue weighted by Crippen LogP contribution is -2.71. The first-order valence-electron chi connectivity index (χ1n) is 7.38. The second kappa shape index (κ2) is 6.15. The van der Waals surface area contributed by atoms with E-state index in [1.165, 1.54) is 4.90 Å². The first-order chi connectivity index (χ1) is 10.6. The third-order valence-corrected chi connectivity index (χ3v) is 3.40. The maximum absolute atomic E-state index is 12.0. The maximum Gasteiger partial charge on any atom is 0.410 e. The minimum atomic E-state index is -0.921. The Morgan fingerprint density at radius 1 is 1.43 bits per heavy atom. The van der Waals surface area contributed by atoms with E-state index in [4.69, 9.17) is 9.84 Å². The second-order valence-corrected chi connectivity index (χ2v) is 6.88. The van der Waals surface area contributed by atoms with Crippen LogP contribution in [0.3, 0.4) is 0 Å². The molecule has 2 N–H and O–H groups in total. The van der Waals surface area contributed by atoms with E-state index in [1.807, 2.05) is 0 Å². The van der Waals surface area contributed by atoms with Crippen molar-refractivity contribution in [3.63, 3.8) is 0 Å². The maximum atomic E-state index is 12.0. The molecule has 1 saturated heterocycles. The van der Waals surface area contributed by atoms with Crippen LogP contribution in [0.2, 0.25) is 0 Å². The number of nitrogens with zero attached hydrogens (tertiary/aromatic N) is 4. The van der Waals surface area contributed by atoms with E-state index in [0.29, 0.717) is 12.4 Å². The van der Waals surface area contributed by atoms with Gasteiger partial charge in [0.25, 0.3) is 0 Å². The standard InChI is InChI=1S/C14H23N5O4/c1-13(2,3)23-12(22)19-7-14(8-19,5-11(20)21)16-6-10-15-9-18(4)17-10/h9,16H,5-8H2,1-4H3,(H,20,21). The molecular formula is C14H23N5O4. The van der Waals surface area contributed by atoms with Gasteiger partial charge in [0.15, 0.2) is 5.82 Å². The first kappa shape index (κ1) is 17.2. The summed E-state index contributed by atoms with van der Waals surface area (Å²) in [7, 11) is 1.76. The molecule has 0 unspecified atom stereocenters. The molecule has 9 heteroatoms. The molecule has 0 bridgehead atoms. The summed E-state index contributed by atoms with van der Waals surface area (Å²) >= 11 is 0. The van der Waals surface area contributed by atoms with E-state index in [9.17, 15) is 9.59 Å². The number of aromatic nitrogens is 3. The van der Waals surface area contributed by atoms with Crippen molar-refractivity contribution in [2.75, 3.05) is 13.1 Å². The molecule has 0 saturated carbocycles. The number of rotatable bonds is 5. The quantitative estimate of drug-likeness (QED) is 0.804. The normalized spacial score (nSPS) is 16.8. The third-order valence-electron chi connectivity index (χ3n) is 3.40. The number of ether oxygens (including phenoxy) is 1. The Morgan fingerprint density at radius 2 is 2.09 bits per heavy atom. The Bertz CT molecular complexity index is 586. The zero-order chi connectivity index (χ0) is 17.3. The fraction of sp³-hybridized carbons (Fsp3) is 0.714. The molecule has 9 nitrogen and oxygen atoms in total. The first-order valence-corrected chi connectivity index (χ1v) is 7.38. The highest BCUT2D eigenvalue weighted by atomic mass is 16.6. The van der Waals surface area contributed by atoms with Crippen LogP contribution in [0.4, 0.5) is 4.79 Å². The van der Waals surface area contributed by atoms with Crippen LogP contribution in [0.1, 0.15) is 33.0 Å². The Balaban J connectivity index is 1.94. The van der Waals surface area contributed by atoms with Gasteiger partial charge in [0, 0.05) is 20.1 Å². The summed E-state index contributed by atoms with van der Waals surface area (Å²) < 4.78 is 6.87. The zero-order valence-electron chi connectivity index (χ0n) is 13.9. The van der Waals surface area contributed by atoms with E-state index in [-0.39, 0.29) is 19.5 Å². The molecule has 1 amide bonds. The highest BCUT2D eigenvalue weighted by molar-refractivity contribution is 5.73. The third kappa shape index (κ3) is 4.65. The summed E-state index contributed by atoms with van der Waals surface area (Å²) in [5.74, 6) is -0.344. The molecule has 0 radical (unpaired) electrons. The van der Waals surface area contributed by atoms with Gasteiger partial charge in [0.05, 0.1) is 18.5 Å². The van der Waals surface area contributed by atoms with Crippen LogP contribution in [-0.4, -0.2) is 61.1 Å². The highest BCUT2D eigenvalue weighted by Gasteiger charge is 2.47. The SMILES string of the molecule is Cn1cnc(CNC2(CC(=O)O)CN(C(=O)OC(C)(C)C)C2)n1. The molecule has 1 aliphatic heterocycles. The molecule has 0 aliphatic carbocycles. The summed E-state index contributed by atoms with van der Waals surface area (Å²) in [5, 5.41) is 16.4. The van der Waals surface area contributed by atoms with Gasteiger partial charge in [-0.1, -0.05) is 0 Å². The lowest BCUT2D eigenvalue weighted by atomic mass is 9.86. The largest absolute Gasteiger partial charge is 0.481 e. The number of aryl methyl sites for hydroxylation is 1. The highest BCUT2D eigenvalue weighted by Crippen LogP contribution is 2.27. The van der Waals surface area contributed by atoms with Crippen LogP contribution in [0.5, 0.6) is 0 Å². The van der Waals surface area contributed by atoms with E-state index in [0.717, 1.165) is 0 Å². The molecule has 1 aromatic rings. The van der Waals surface area contributed by atoms with Crippen molar-refractivity contribution in [1.29, 1.82) is 0 Å². The van der Waals surface area contributed by atoms with E-state index in [2.05, 4.69) is 15.4 Å². The number of aliphatic carboxylic acids is 1. The van der Waals surface area contributed by atoms with Gasteiger partial charge in [0.1, 0.15) is 11.9 Å². The van der Waals surface area contributed by atoms with Crippen LogP contribution in [0.15, 0.2) is 6.33 Å². The molecule has 0 spiro atoms. The van der Waals surface area contributed by atoms with Crippen molar-refractivity contribution in [3.05, 3.63) is 12.2 Å². The molecule has 2 rings (SSSR count). The number of carboxylic acid groups (broad SMARTS) is 1. The van der Waals surface area contributed by atoms with Crippen LogP contribution < -0.4 is 5.32 Å². The van der Waals surface area contributed by atoms with Crippen molar-refractivity contribution in [2.45, 2.75) is 44.9 Å². The molecule has 128 valence electrons. The van der Waals surface area contributed by atoms with Crippen molar-refractivity contribution < 1.29 is 19.4 Å². The number of likely N-dealkylation sites (tertiary alicyclic amines) is 1. The lowest BCUT2D eigenvalue weighted by Gasteiger charge is -2.49. The van der Waals surface area contributed by atoms with E-state index < -0.39 is 23.2 Å². The molecule has 1 aromatic heterocycles. The van der Waals surface area contributed by atoms with Gasteiger partial charge in [-0.3, -0.25) is 9.48 Å². The van der Waals surface area contributed by atoms with Gasteiger partial charge < -0.3 is 20.1 Å². The number of carbonyl (C=O) groups is 2. The van der Waals surface area contributed by atoms with Crippen LogP contribution in [-0.2, 0) is 23.1 Å². The number of nitrogens with one attached hydrogen (secondary N) is 1. The number of amides is 1. The van der Waals surface area contributed by atoms with Gasteiger partial charge in [-0.15, -0.1) is 0 Å². The zero-order valence-corrected chi connectivity index (χ0v) is 13.9. The predicted molar refractivity (Wildman–Crippen MR) is 80.6 cm³/mol. The molecule has 1 fully saturated rings. The molecule has 1 aliphatic rings. The number of carboxylic acids is 1. The van der Waals surface area contributed by atoms with Gasteiger partial charge >= 0.3 is 12.1 Å². The predicted octanol–water partition coefficient (Wildman–Crippen LogP) is 0.369. The summed E-state index contributed by atoms with van der Waals surface area (Å²) in [6.07, 6.45) is 1.06. The monoisotopic (exact) mass is 325 g/mol. The molecule has 2 heterocycles. The minimum Gasteiger partial charge on any atom is -0.481 e. The van der Waals surface area contributed by atoms with Crippen LogP contribution in [0, 0.1) is 0 Å². The Kier molecular flexibility index (Phi) is 4.60. The van der Waals surface area contributed by atoms with Crippen molar-refractivity contribution >= 4 is 12.1 Å². The second-order valence-electron chi connectivity index (χ2n) is 6.88. The topological polar surface area (TPSA) is 110 Å². The van der Waals surface area contributed by atoms with Crippen LogP contribution in [0.25, 0.3) is 0 Å². The fourth-order valence-electron chi connectivity index (χ4n) is 2.45. The summed E-state index contributed by atoms with van der Waals surface area (Å²) in [6, 6.07) is 0. The average Bonchev–Trinajstić information content (AvgIpc) is 2.75. The number of carbonyl (C=O) groups excluding carboxylic acids is 1. The summed E-state index contributed by atoms with van der Waals surface area (Å²) in [6.45, 7) is 6.28. The Hall–Kier alpha value is -2.16. The molecule has 0 atom stereocenters. The Morgan fingerprint density at radius 3 is 2.57 bits per heavy atom. The van der Waals surface area contributed by atoms with Gasteiger partial charge in [-0.25, -0.2) is 9.78 Å². The van der Waals surface area contributed by atoms with Crippen molar-refractivity contribution in [2.24, 2.45) is 7.05 Å².